The van der Waals surface area contributed by atoms with E-state index >= 15 is 0 Å². The van der Waals surface area contributed by atoms with Crippen LogP contribution in [0.15, 0.2) is 24.3 Å². The lowest BCUT2D eigenvalue weighted by atomic mass is 10.0. The molecule has 0 atom stereocenters. The fourth-order valence-corrected chi connectivity index (χ4v) is 3.93. The van der Waals surface area contributed by atoms with E-state index in [1.807, 2.05) is 21.4 Å². The van der Waals surface area contributed by atoms with Crippen LogP contribution in [0.25, 0.3) is 0 Å². The summed E-state index contributed by atoms with van der Waals surface area (Å²) in [7, 11) is 0. The molecule has 0 aliphatic carbocycles. The maximum Gasteiger partial charge on any atom is 0.309 e. The molecule has 1 saturated heterocycles. The van der Waals surface area contributed by atoms with Gasteiger partial charge in [-0.1, -0.05) is 12.1 Å². The normalized spacial score (nSPS) is 17.3. The molecule has 0 spiro atoms. The first kappa shape index (κ1) is 18.6. The third kappa shape index (κ3) is 3.64. The molecule has 0 radical (unpaired) electrons. The largest absolute Gasteiger partial charge is 0.481 e. The van der Waals surface area contributed by atoms with Gasteiger partial charge < -0.3 is 10.0 Å². The van der Waals surface area contributed by atoms with Gasteiger partial charge in [-0.05, 0) is 36.6 Å². The number of amides is 1. The van der Waals surface area contributed by atoms with E-state index in [1.165, 1.54) is 17.7 Å². The summed E-state index contributed by atoms with van der Waals surface area (Å²) in [4.78, 5) is 27.3. The zero-order valence-corrected chi connectivity index (χ0v) is 15.8. The van der Waals surface area contributed by atoms with Gasteiger partial charge in [-0.15, -0.1) is 0 Å². The van der Waals surface area contributed by atoms with Crippen LogP contribution < -0.4 is 0 Å². The Kier molecular flexibility index (Phi) is 4.89. The van der Waals surface area contributed by atoms with Gasteiger partial charge in [-0.2, -0.15) is 5.10 Å². The van der Waals surface area contributed by atoms with Crippen molar-refractivity contribution in [2.45, 2.75) is 26.4 Å². The number of carbonyl (C=O) groups excluding carboxylic acids is 1. The lowest BCUT2D eigenvalue weighted by Gasteiger charge is -2.38. The van der Waals surface area contributed by atoms with Crippen molar-refractivity contribution in [3.63, 3.8) is 0 Å². The highest BCUT2D eigenvalue weighted by atomic mass is 19.1. The summed E-state index contributed by atoms with van der Waals surface area (Å²) < 4.78 is 15.1. The van der Waals surface area contributed by atoms with Gasteiger partial charge in [0.05, 0.1) is 36.9 Å². The summed E-state index contributed by atoms with van der Waals surface area (Å²) >= 11 is 0. The Morgan fingerprint density at radius 2 is 1.96 bits per heavy atom. The molecule has 0 unspecified atom stereocenters. The predicted octanol–water partition coefficient (Wildman–Crippen LogP) is 1.28. The average Bonchev–Trinajstić information content (AvgIpc) is 2.94. The van der Waals surface area contributed by atoms with Gasteiger partial charge in [0.25, 0.3) is 0 Å². The monoisotopic (exact) mass is 386 g/mol. The molecule has 0 saturated carbocycles. The number of nitrogens with zero attached hydrogens (tertiary/aromatic N) is 4. The van der Waals surface area contributed by atoms with Crippen LogP contribution in [-0.4, -0.2) is 62.7 Å². The molecular weight excluding hydrogens is 363 g/mol. The van der Waals surface area contributed by atoms with Crippen molar-refractivity contribution in [2.24, 2.45) is 5.92 Å². The summed E-state index contributed by atoms with van der Waals surface area (Å²) in [6.45, 7) is 4.76. The van der Waals surface area contributed by atoms with Crippen molar-refractivity contribution < 1.29 is 19.1 Å². The van der Waals surface area contributed by atoms with Crippen LogP contribution in [0.4, 0.5) is 4.39 Å². The molecule has 3 heterocycles. The minimum Gasteiger partial charge on any atom is -0.481 e. The van der Waals surface area contributed by atoms with Gasteiger partial charge in [-0.3, -0.25) is 19.2 Å². The van der Waals surface area contributed by atoms with E-state index in [4.69, 9.17) is 5.11 Å². The van der Waals surface area contributed by atoms with Crippen LogP contribution in [0.2, 0.25) is 0 Å². The van der Waals surface area contributed by atoms with E-state index in [2.05, 4.69) is 5.10 Å². The summed E-state index contributed by atoms with van der Waals surface area (Å²) in [6, 6.07) is 6.36. The quantitative estimate of drug-likeness (QED) is 0.838. The number of aliphatic carboxylic acids is 1. The standard InChI is InChI=1S/C20H23FN4O3/c1-13-17-6-7-24(19(26)12-23-9-15(10-23)20(27)28)11-18(17)25(22-13)8-14-2-4-16(21)5-3-14/h2-5,15H,6-12H2,1H3,(H,27,28). The number of hydrogen-bond donors (Lipinski definition) is 1. The molecular formula is C20H23FN4O3. The van der Waals surface area contributed by atoms with Crippen LogP contribution in [0, 0.1) is 18.7 Å². The van der Waals surface area contributed by atoms with Crippen LogP contribution in [0.5, 0.6) is 0 Å². The van der Waals surface area contributed by atoms with Gasteiger partial charge in [0, 0.05) is 19.6 Å². The summed E-state index contributed by atoms with van der Waals surface area (Å²) in [5.41, 5.74) is 4.13. The number of likely N-dealkylation sites (tertiary alicyclic amines) is 1. The van der Waals surface area contributed by atoms with Crippen molar-refractivity contribution >= 4 is 11.9 Å². The van der Waals surface area contributed by atoms with Crippen molar-refractivity contribution in [3.05, 3.63) is 52.6 Å². The first-order valence-corrected chi connectivity index (χ1v) is 9.43. The molecule has 2 aromatic rings. The number of carbonyl (C=O) groups is 2. The molecule has 8 heteroatoms. The summed E-state index contributed by atoms with van der Waals surface area (Å²) in [5, 5.41) is 13.6. The lowest BCUT2D eigenvalue weighted by Crippen LogP contribution is -2.54. The molecule has 1 aromatic carbocycles. The minimum atomic E-state index is -0.800. The molecule has 4 rings (SSSR count). The molecule has 1 amide bonds. The summed E-state index contributed by atoms with van der Waals surface area (Å²) in [5.74, 6) is -1.41. The number of fused-ring (bicyclic) bond motifs is 1. The molecule has 2 aliphatic heterocycles. The van der Waals surface area contributed by atoms with E-state index < -0.39 is 5.97 Å². The Labute approximate surface area is 162 Å². The Hall–Kier alpha value is -2.74. The van der Waals surface area contributed by atoms with Gasteiger partial charge in [0.15, 0.2) is 0 Å². The van der Waals surface area contributed by atoms with Crippen LogP contribution in [0.1, 0.15) is 22.5 Å². The summed E-state index contributed by atoms with van der Waals surface area (Å²) in [6.07, 6.45) is 0.758. The van der Waals surface area contributed by atoms with Crippen LogP contribution in [-0.2, 0) is 29.1 Å². The zero-order valence-electron chi connectivity index (χ0n) is 15.8. The molecule has 1 fully saturated rings. The fourth-order valence-electron chi connectivity index (χ4n) is 3.93. The second-order valence-corrected chi connectivity index (χ2v) is 7.59. The predicted molar refractivity (Wildman–Crippen MR) is 99.2 cm³/mol. The highest BCUT2D eigenvalue weighted by Crippen LogP contribution is 2.24. The third-order valence-electron chi connectivity index (χ3n) is 5.60. The molecule has 1 N–H and O–H groups in total. The van der Waals surface area contributed by atoms with Gasteiger partial charge in [0.2, 0.25) is 5.91 Å². The molecule has 7 nitrogen and oxygen atoms in total. The smallest absolute Gasteiger partial charge is 0.309 e. The Morgan fingerprint density at radius 3 is 2.64 bits per heavy atom. The van der Waals surface area contributed by atoms with Gasteiger partial charge >= 0.3 is 5.97 Å². The van der Waals surface area contributed by atoms with Crippen LogP contribution >= 0.6 is 0 Å². The van der Waals surface area contributed by atoms with E-state index in [1.54, 1.807) is 12.1 Å². The van der Waals surface area contributed by atoms with E-state index in [0.29, 0.717) is 32.7 Å². The average molecular weight is 386 g/mol. The Bertz CT molecular complexity index is 903. The number of carboxylic acids is 1. The van der Waals surface area contributed by atoms with Crippen molar-refractivity contribution in [2.75, 3.05) is 26.2 Å². The Balaban J connectivity index is 1.43. The first-order chi connectivity index (χ1) is 13.4. The van der Waals surface area contributed by atoms with Crippen molar-refractivity contribution in [1.82, 2.24) is 19.6 Å². The maximum absolute atomic E-state index is 13.1. The van der Waals surface area contributed by atoms with Crippen molar-refractivity contribution in [1.29, 1.82) is 0 Å². The van der Waals surface area contributed by atoms with E-state index in [0.717, 1.165) is 23.4 Å². The number of hydrogen-bond acceptors (Lipinski definition) is 4. The molecule has 28 heavy (non-hydrogen) atoms. The number of aryl methyl sites for hydroxylation is 1. The van der Waals surface area contributed by atoms with Crippen LogP contribution in [0.3, 0.4) is 0 Å². The molecule has 0 bridgehead atoms. The minimum absolute atomic E-state index is 0.0154. The van der Waals surface area contributed by atoms with Gasteiger partial charge in [0.1, 0.15) is 5.82 Å². The Morgan fingerprint density at radius 1 is 1.25 bits per heavy atom. The highest BCUT2D eigenvalue weighted by Gasteiger charge is 2.35. The maximum atomic E-state index is 13.1. The first-order valence-electron chi connectivity index (χ1n) is 9.43. The highest BCUT2D eigenvalue weighted by molar-refractivity contribution is 5.79. The van der Waals surface area contributed by atoms with E-state index in [9.17, 15) is 14.0 Å². The number of rotatable bonds is 5. The second kappa shape index (κ2) is 7.35. The molecule has 2 aliphatic rings. The topological polar surface area (TPSA) is 78.7 Å². The lowest BCUT2D eigenvalue weighted by molar-refractivity contribution is -0.150. The number of carboxylic acid groups (broad SMARTS) is 1. The third-order valence-corrected chi connectivity index (χ3v) is 5.60. The second-order valence-electron chi connectivity index (χ2n) is 7.59. The number of halogens is 1. The number of benzene rings is 1. The molecule has 1 aromatic heterocycles. The number of aromatic nitrogens is 2. The fraction of sp³-hybridized carbons (Fsp3) is 0.450. The molecule has 148 valence electrons. The van der Waals surface area contributed by atoms with E-state index in [-0.39, 0.29) is 24.2 Å². The van der Waals surface area contributed by atoms with Crippen molar-refractivity contribution in [3.8, 4) is 0 Å². The zero-order chi connectivity index (χ0) is 19.8. The van der Waals surface area contributed by atoms with Gasteiger partial charge in [-0.25, -0.2) is 4.39 Å². The SMILES string of the molecule is Cc1nn(Cc2ccc(F)cc2)c2c1CCN(C(=O)CN1CC(C(=O)O)C1)C2.